The minimum absolute atomic E-state index is 0.753. The third kappa shape index (κ3) is 5.21. The van der Waals surface area contributed by atoms with Gasteiger partial charge in [-0.15, -0.1) is 0 Å². The second kappa shape index (κ2) is 14.7. The van der Waals surface area contributed by atoms with Crippen LogP contribution in [-0.2, 0) is 5.41 Å². The van der Waals surface area contributed by atoms with Gasteiger partial charge in [0.15, 0.2) is 11.2 Å². The fraction of sp³-hybridized carbons (Fsp3) is 0.0149. The second-order valence-corrected chi connectivity index (χ2v) is 19.0. The van der Waals surface area contributed by atoms with Gasteiger partial charge in [-0.3, -0.25) is 0 Å². The average Bonchev–Trinajstić information content (AvgIpc) is 4.25. The lowest BCUT2D eigenvalue weighted by molar-refractivity contribution is 0.668. The van der Waals surface area contributed by atoms with Crippen molar-refractivity contribution in [2.75, 3.05) is 9.80 Å². The van der Waals surface area contributed by atoms with Crippen molar-refractivity contribution in [3.8, 4) is 22.3 Å². The van der Waals surface area contributed by atoms with E-state index < -0.39 is 5.41 Å². The monoisotopic (exact) mass is 920 g/mol. The Morgan fingerprint density at radius 1 is 0.278 bits per heavy atom. The largest absolute Gasteiger partial charge is 0.455 e. The predicted octanol–water partition coefficient (Wildman–Crippen LogP) is 18.7. The van der Waals surface area contributed by atoms with Crippen molar-refractivity contribution in [3.63, 3.8) is 0 Å². The highest BCUT2D eigenvalue weighted by atomic mass is 16.3. The molecule has 0 saturated heterocycles. The van der Waals surface area contributed by atoms with E-state index >= 15 is 0 Å². The molecule has 0 unspecified atom stereocenters. The zero-order chi connectivity index (χ0) is 47.1. The molecule has 3 heterocycles. The molecule has 0 fully saturated rings. The molecular weight excluding hydrogens is 881 g/mol. The molecule has 0 atom stereocenters. The SMILES string of the molecule is c1ccc(N(c2ccc3c(c2)C2(c4ccccc4-c4ccccc42)c2cc(N(c4ccccc4)c4cccc5c4oc4ccccc45)c4c(oc5ccccc54)c2-3)c2cccc3c2oc2ccccc23)cc1. The quantitative estimate of drug-likeness (QED) is 0.166. The van der Waals surface area contributed by atoms with Crippen LogP contribution in [0.25, 0.3) is 88.1 Å². The number of furan rings is 3. The van der Waals surface area contributed by atoms with E-state index in [0.717, 1.165) is 117 Å². The van der Waals surface area contributed by atoms with Gasteiger partial charge in [-0.25, -0.2) is 0 Å². The maximum atomic E-state index is 7.35. The normalized spacial score (nSPS) is 13.1. The minimum atomic E-state index is -0.753. The van der Waals surface area contributed by atoms with Gasteiger partial charge in [-0.05, 0) is 112 Å². The Hall–Kier alpha value is -9.58. The van der Waals surface area contributed by atoms with E-state index in [1.165, 1.54) is 27.8 Å². The predicted molar refractivity (Wildman–Crippen MR) is 294 cm³/mol. The Balaban J connectivity index is 1.04. The van der Waals surface area contributed by atoms with Crippen LogP contribution >= 0.6 is 0 Å². The standard InChI is InChI=1S/C67H40N2O3/c1-3-19-41(20-4-1)68(56-32-17-28-48-46-25-9-14-34-59(46)70-64(48)56)43-37-38-50-54(39-43)67(52-30-12-7-23-44(52)45-24-8-13-31-53(45)67)55-40-58(63-51-27-11-16-36-61(51)72-66(63)62(50)55)69(42-21-5-2-6-22-42)57-33-18-29-49-47-26-10-15-35-60(47)71-65(49)57/h1-40H. The highest BCUT2D eigenvalue weighted by Gasteiger charge is 2.53. The smallest absolute Gasteiger partial charge is 0.159 e. The number of anilines is 6. The molecule has 0 radical (unpaired) electrons. The Kier molecular flexibility index (Phi) is 8.03. The lowest BCUT2D eigenvalue weighted by Gasteiger charge is -2.33. The Morgan fingerprint density at radius 2 is 0.750 bits per heavy atom. The van der Waals surface area contributed by atoms with Crippen molar-refractivity contribution in [1.29, 1.82) is 0 Å². The fourth-order valence-electron chi connectivity index (χ4n) is 12.6. The highest BCUT2D eigenvalue weighted by molar-refractivity contribution is 6.21. The summed E-state index contributed by atoms with van der Waals surface area (Å²) in [6.07, 6.45) is 0. The average molecular weight is 921 g/mol. The van der Waals surface area contributed by atoms with Crippen LogP contribution in [0.15, 0.2) is 256 Å². The number of fused-ring (bicyclic) bond motifs is 20. The molecule has 0 bridgehead atoms. The minimum Gasteiger partial charge on any atom is -0.455 e. The van der Waals surface area contributed by atoms with Crippen molar-refractivity contribution in [1.82, 2.24) is 0 Å². The Bertz CT molecular complexity index is 4500. The van der Waals surface area contributed by atoms with E-state index in [9.17, 15) is 0 Å². The first kappa shape index (κ1) is 39.3. The van der Waals surface area contributed by atoms with Crippen LogP contribution in [0.2, 0.25) is 0 Å². The van der Waals surface area contributed by atoms with Crippen LogP contribution in [0, 0.1) is 0 Å². The molecule has 3 aromatic heterocycles. The van der Waals surface area contributed by atoms with Gasteiger partial charge in [-0.2, -0.15) is 0 Å². The molecule has 14 aromatic rings. The van der Waals surface area contributed by atoms with Crippen molar-refractivity contribution in [2.45, 2.75) is 5.41 Å². The number of hydrogen-bond donors (Lipinski definition) is 0. The van der Waals surface area contributed by atoms with Crippen LogP contribution in [0.4, 0.5) is 34.1 Å². The van der Waals surface area contributed by atoms with Gasteiger partial charge in [0, 0.05) is 49.6 Å². The maximum Gasteiger partial charge on any atom is 0.159 e. The molecule has 72 heavy (non-hydrogen) atoms. The van der Waals surface area contributed by atoms with Gasteiger partial charge >= 0.3 is 0 Å². The summed E-state index contributed by atoms with van der Waals surface area (Å²) in [5, 5.41) is 6.40. The molecule has 336 valence electrons. The third-order valence-corrected chi connectivity index (χ3v) is 15.4. The molecule has 0 amide bonds. The molecule has 0 N–H and O–H groups in total. The molecule has 0 saturated carbocycles. The summed E-state index contributed by atoms with van der Waals surface area (Å²) >= 11 is 0. The molecule has 16 rings (SSSR count). The zero-order valence-corrected chi connectivity index (χ0v) is 38.7. The van der Waals surface area contributed by atoms with Crippen LogP contribution < -0.4 is 9.80 Å². The van der Waals surface area contributed by atoms with E-state index in [2.05, 4.69) is 240 Å². The van der Waals surface area contributed by atoms with Gasteiger partial charge < -0.3 is 23.1 Å². The van der Waals surface area contributed by atoms with Gasteiger partial charge in [0.05, 0.1) is 27.9 Å². The molecular formula is C67H40N2O3. The molecule has 2 aliphatic carbocycles. The lowest BCUT2D eigenvalue weighted by atomic mass is 9.70. The second-order valence-electron chi connectivity index (χ2n) is 19.0. The highest BCUT2D eigenvalue weighted by Crippen LogP contribution is 2.66. The topological polar surface area (TPSA) is 45.9 Å². The molecule has 2 aliphatic rings. The fourth-order valence-corrected chi connectivity index (χ4v) is 12.6. The van der Waals surface area contributed by atoms with Crippen molar-refractivity contribution < 1.29 is 13.3 Å². The van der Waals surface area contributed by atoms with Gasteiger partial charge in [0.25, 0.3) is 0 Å². The van der Waals surface area contributed by atoms with E-state index in [1.807, 2.05) is 12.1 Å². The first-order chi connectivity index (χ1) is 35.7. The van der Waals surface area contributed by atoms with Crippen molar-refractivity contribution >= 4 is 99.9 Å². The maximum absolute atomic E-state index is 7.35. The molecule has 5 nitrogen and oxygen atoms in total. The first-order valence-electron chi connectivity index (χ1n) is 24.6. The van der Waals surface area contributed by atoms with E-state index in [-0.39, 0.29) is 0 Å². The summed E-state index contributed by atoms with van der Waals surface area (Å²) in [7, 11) is 0. The number of hydrogen-bond acceptors (Lipinski definition) is 5. The third-order valence-electron chi connectivity index (χ3n) is 15.4. The summed E-state index contributed by atoms with van der Waals surface area (Å²) in [6.45, 7) is 0. The first-order valence-corrected chi connectivity index (χ1v) is 24.6. The Labute approximate surface area is 413 Å². The lowest BCUT2D eigenvalue weighted by Crippen LogP contribution is -2.26. The molecule has 0 aliphatic heterocycles. The van der Waals surface area contributed by atoms with Crippen LogP contribution in [0.1, 0.15) is 22.3 Å². The summed E-state index contributed by atoms with van der Waals surface area (Å²) in [5.74, 6) is 0. The summed E-state index contributed by atoms with van der Waals surface area (Å²) in [4.78, 5) is 4.76. The molecule has 1 spiro atoms. The molecule has 5 heteroatoms. The Morgan fingerprint density at radius 3 is 1.36 bits per heavy atom. The number of para-hydroxylation sites is 7. The summed E-state index contributed by atoms with van der Waals surface area (Å²) in [5.41, 5.74) is 19.8. The zero-order valence-electron chi connectivity index (χ0n) is 38.7. The van der Waals surface area contributed by atoms with Gasteiger partial charge in [-0.1, -0.05) is 170 Å². The van der Waals surface area contributed by atoms with E-state index in [1.54, 1.807) is 0 Å². The summed E-state index contributed by atoms with van der Waals surface area (Å²) < 4.78 is 21.0. The van der Waals surface area contributed by atoms with Crippen LogP contribution in [0.3, 0.4) is 0 Å². The number of benzene rings is 11. The molecule has 11 aromatic carbocycles. The van der Waals surface area contributed by atoms with Crippen molar-refractivity contribution in [3.05, 3.63) is 265 Å². The van der Waals surface area contributed by atoms with Crippen LogP contribution in [-0.4, -0.2) is 0 Å². The van der Waals surface area contributed by atoms with Crippen molar-refractivity contribution in [2.24, 2.45) is 0 Å². The number of rotatable bonds is 6. The van der Waals surface area contributed by atoms with Crippen LogP contribution in [0.5, 0.6) is 0 Å². The van der Waals surface area contributed by atoms with E-state index in [4.69, 9.17) is 13.3 Å². The van der Waals surface area contributed by atoms with Gasteiger partial charge in [0.1, 0.15) is 22.3 Å². The number of nitrogens with zero attached hydrogens (tertiary/aromatic N) is 2. The van der Waals surface area contributed by atoms with Gasteiger partial charge in [0.2, 0.25) is 0 Å². The summed E-state index contributed by atoms with van der Waals surface area (Å²) in [6, 6.07) is 87.1. The van der Waals surface area contributed by atoms with E-state index in [0.29, 0.717) is 0 Å².